The van der Waals surface area contributed by atoms with E-state index in [4.69, 9.17) is 9.47 Å². The van der Waals surface area contributed by atoms with Crippen molar-refractivity contribution in [1.29, 1.82) is 0 Å². The minimum atomic E-state index is -0.216. The Morgan fingerprint density at radius 1 is 0.783 bits per heavy atom. The van der Waals surface area contributed by atoms with Crippen LogP contribution in [0.4, 0.5) is 0 Å². The van der Waals surface area contributed by atoms with Gasteiger partial charge in [-0.2, -0.15) is 0 Å². The predicted molar refractivity (Wildman–Crippen MR) is 93.3 cm³/mol. The summed E-state index contributed by atoms with van der Waals surface area (Å²) in [7, 11) is 0. The van der Waals surface area contributed by atoms with Gasteiger partial charge in [-0.3, -0.25) is 9.59 Å². The summed E-state index contributed by atoms with van der Waals surface area (Å²) in [5.41, 5.74) is 0. The third-order valence-corrected chi connectivity index (χ3v) is 3.82. The number of esters is 2. The average molecular weight is 328 g/mol. The fraction of sp³-hybridized carbons (Fsp3) is 0.895. The van der Waals surface area contributed by atoms with Gasteiger partial charge in [-0.05, 0) is 32.6 Å². The second kappa shape index (κ2) is 15.8. The molecule has 0 fully saturated rings. The van der Waals surface area contributed by atoms with Crippen LogP contribution in [0.25, 0.3) is 0 Å². The predicted octanol–water partition coefficient (Wildman–Crippen LogP) is 5.18. The van der Waals surface area contributed by atoms with Crippen LogP contribution in [-0.2, 0) is 19.1 Å². The van der Waals surface area contributed by atoms with Crippen molar-refractivity contribution in [3.63, 3.8) is 0 Å². The number of carbonyl (C=O) groups excluding carboxylic acids is 2. The molecule has 0 rings (SSSR count). The molecule has 1 atom stereocenters. The third-order valence-electron chi connectivity index (χ3n) is 3.82. The van der Waals surface area contributed by atoms with E-state index in [1.54, 1.807) is 0 Å². The molecular weight excluding hydrogens is 292 g/mol. The number of hydrogen-bond donors (Lipinski definition) is 0. The lowest BCUT2D eigenvalue weighted by Crippen LogP contribution is -2.15. The van der Waals surface area contributed by atoms with Gasteiger partial charge in [0, 0.05) is 12.8 Å². The first-order chi connectivity index (χ1) is 11.1. The van der Waals surface area contributed by atoms with Crippen LogP contribution in [0, 0.1) is 0 Å². The van der Waals surface area contributed by atoms with E-state index in [0.29, 0.717) is 25.9 Å². The molecule has 136 valence electrons. The highest BCUT2D eigenvalue weighted by Gasteiger charge is 2.11. The van der Waals surface area contributed by atoms with E-state index in [0.717, 1.165) is 25.7 Å². The van der Waals surface area contributed by atoms with Crippen molar-refractivity contribution in [2.24, 2.45) is 0 Å². The van der Waals surface area contributed by atoms with Gasteiger partial charge in [-0.25, -0.2) is 0 Å². The molecule has 4 heteroatoms. The number of ether oxygens (including phenoxy) is 2. The van der Waals surface area contributed by atoms with Gasteiger partial charge >= 0.3 is 11.9 Å². The topological polar surface area (TPSA) is 52.6 Å². The van der Waals surface area contributed by atoms with Crippen LogP contribution >= 0.6 is 0 Å². The highest BCUT2D eigenvalue weighted by molar-refractivity contribution is 5.72. The van der Waals surface area contributed by atoms with E-state index in [-0.39, 0.29) is 18.0 Å². The maximum Gasteiger partial charge on any atom is 0.306 e. The standard InChI is InChI=1S/C19H36O4/c1-4-6-8-9-10-11-13-17(3)23-19(21)15-12-14-18(20)22-16-7-5-2/h17H,4-16H2,1-3H3. The summed E-state index contributed by atoms with van der Waals surface area (Å²) < 4.78 is 10.4. The molecule has 0 aliphatic heterocycles. The molecule has 0 aromatic heterocycles. The fourth-order valence-electron chi connectivity index (χ4n) is 2.33. The van der Waals surface area contributed by atoms with Crippen LogP contribution in [-0.4, -0.2) is 24.6 Å². The Hall–Kier alpha value is -1.06. The molecule has 0 saturated heterocycles. The number of carbonyl (C=O) groups is 2. The highest BCUT2D eigenvalue weighted by atomic mass is 16.5. The normalized spacial score (nSPS) is 12.0. The maximum atomic E-state index is 11.7. The Morgan fingerprint density at radius 3 is 2.09 bits per heavy atom. The quantitative estimate of drug-likeness (QED) is 0.307. The molecule has 0 aliphatic rings. The van der Waals surface area contributed by atoms with Gasteiger partial charge in [0.1, 0.15) is 0 Å². The Labute approximate surface area is 142 Å². The van der Waals surface area contributed by atoms with Gasteiger partial charge in [0.05, 0.1) is 12.7 Å². The van der Waals surface area contributed by atoms with Crippen LogP contribution < -0.4 is 0 Å². The van der Waals surface area contributed by atoms with Crippen LogP contribution in [0.15, 0.2) is 0 Å². The first-order valence-corrected chi connectivity index (χ1v) is 9.45. The molecule has 0 saturated carbocycles. The summed E-state index contributed by atoms with van der Waals surface area (Å²) >= 11 is 0. The Kier molecular flexibility index (Phi) is 15.1. The average Bonchev–Trinajstić information content (AvgIpc) is 2.51. The molecule has 0 bridgehead atoms. The van der Waals surface area contributed by atoms with Crippen molar-refractivity contribution in [2.75, 3.05) is 6.61 Å². The molecule has 0 aliphatic carbocycles. The second-order valence-corrected chi connectivity index (χ2v) is 6.28. The van der Waals surface area contributed by atoms with Crippen molar-refractivity contribution in [2.45, 2.75) is 104 Å². The molecular formula is C19H36O4. The first-order valence-electron chi connectivity index (χ1n) is 9.45. The minimum absolute atomic E-state index is 0.0230. The smallest absolute Gasteiger partial charge is 0.306 e. The molecule has 4 nitrogen and oxygen atoms in total. The second-order valence-electron chi connectivity index (χ2n) is 6.28. The summed E-state index contributed by atoms with van der Waals surface area (Å²) in [6, 6.07) is 0. The van der Waals surface area contributed by atoms with Crippen LogP contribution in [0.2, 0.25) is 0 Å². The van der Waals surface area contributed by atoms with E-state index < -0.39 is 0 Å². The van der Waals surface area contributed by atoms with Crippen molar-refractivity contribution >= 4 is 11.9 Å². The van der Waals surface area contributed by atoms with Gasteiger partial charge in [-0.1, -0.05) is 52.4 Å². The zero-order valence-corrected chi connectivity index (χ0v) is 15.4. The van der Waals surface area contributed by atoms with Gasteiger partial charge in [0.15, 0.2) is 0 Å². The molecule has 0 N–H and O–H groups in total. The van der Waals surface area contributed by atoms with E-state index in [9.17, 15) is 9.59 Å². The summed E-state index contributed by atoms with van der Waals surface area (Å²) in [6.45, 7) is 6.70. The maximum absolute atomic E-state index is 11.7. The van der Waals surface area contributed by atoms with Gasteiger partial charge < -0.3 is 9.47 Å². The largest absolute Gasteiger partial charge is 0.466 e. The number of rotatable bonds is 15. The van der Waals surface area contributed by atoms with Gasteiger partial charge in [0.25, 0.3) is 0 Å². The molecule has 0 aromatic carbocycles. The molecule has 0 heterocycles. The molecule has 0 aromatic rings. The molecule has 23 heavy (non-hydrogen) atoms. The molecule has 1 unspecified atom stereocenters. The molecule has 0 amide bonds. The SMILES string of the molecule is CCCCCCCCC(C)OC(=O)CCCC(=O)OCCCC. The highest BCUT2D eigenvalue weighted by Crippen LogP contribution is 2.11. The number of hydrogen-bond acceptors (Lipinski definition) is 4. The summed E-state index contributed by atoms with van der Waals surface area (Å²) in [6.07, 6.45) is 11.4. The zero-order chi connectivity index (χ0) is 17.3. The Balaban J connectivity index is 3.51. The van der Waals surface area contributed by atoms with E-state index in [1.165, 1.54) is 32.1 Å². The number of unbranched alkanes of at least 4 members (excludes halogenated alkanes) is 6. The van der Waals surface area contributed by atoms with Crippen LogP contribution in [0.1, 0.15) is 97.8 Å². The first kappa shape index (κ1) is 21.9. The van der Waals surface area contributed by atoms with Crippen LogP contribution in [0.5, 0.6) is 0 Å². The Morgan fingerprint density at radius 2 is 1.39 bits per heavy atom. The molecule has 0 spiro atoms. The minimum Gasteiger partial charge on any atom is -0.466 e. The Bertz CT molecular complexity index is 302. The van der Waals surface area contributed by atoms with Crippen molar-refractivity contribution in [1.82, 2.24) is 0 Å². The van der Waals surface area contributed by atoms with E-state index in [1.807, 2.05) is 6.92 Å². The molecule has 0 radical (unpaired) electrons. The lowest BCUT2D eigenvalue weighted by molar-refractivity contribution is -0.149. The van der Waals surface area contributed by atoms with Crippen molar-refractivity contribution in [3.8, 4) is 0 Å². The van der Waals surface area contributed by atoms with Crippen molar-refractivity contribution in [3.05, 3.63) is 0 Å². The van der Waals surface area contributed by atoms with Gasteiger partial charge in [-0.15, -0.1) is 0 Å². The lowest BCUT2D eigenvalue weighted by Gasteiger charge is -2.13. The summed E-state index contributed by atoms with van der Waals surface area (Å²) in [5.74, 6) is -0.420. The lowest BCUT2D eigenvalue weighted by atomic mass is 10.1. The fourth-order valence-corrected chi connectivity index (χ4v) is 2.33. The van der Waals surface area contributed by atoms with E-state index in [2.05, 4.69) is 13.8 Å². The monoisotopic (exact) mass is 328 g/mol. The van der Waals surface area contributed by atoms with Crippen LogP contribution in [0.3, 0.4) is 0 Å². The summed E-state index contributed by atoms with van der Waals surface area (Å²) in [4.78, 5) is 23.1. The van der Waals surface area contributed by atoms with Gasteiger partial charge in [0.2, 0.25) is 0 Å². The van der Waals surface area contributed by atoms with E-state index >= 15 is 0 Å². The zero-order valence-electron chi connectivity index (χ0n) is 15.4. The van der Waals surface area contributed by atoms with Crippen molar-refractivity contribution < 1.29 is 19.1 Å². The summed E-state index contributed by atoms with van der Waals surface area (Å²) in [5, 5.41) is 0. The third kappa shape index (κ3) is 15.6.